The van der Waals surface area contributed by atoms with Gasteiger partial charge in [-0.2, -0.15) is 4.72 Å². The molecule has 0 aliphatic heterocycles. The van der Waals surface area contributed by atoms with E-state index < -0.39 is 22.0 Å². The van der Waals surface area contributed by atoms with Crippen molar-refractivity contribution in [3.05, 3.63) is 65.7 Å². The highest BCUT2D eigenvalue weighted by Gasteiger charge is 2.30. The number of amides is 1. The number of hydrogen-bond donors (Lipinski definition) is 2. The van der Waals surface area contributed by atoms with Crippen LogP contribution in [0.2, 0.25) is 0 Å². The fourth-order valence-corrected chi connectivity index (χ4v) is 3.87. The molecular weight excluding hydrogens is 368 g/mol. The van der Waals surface area contributed by atoms with Crippen LogP contribution in [0.4, 0.5) is 0 Å². The maximum atomic E-state index is 12.9. The summed E-state index contributed by atoms with van der Waals surface area (Å²) >= 11 is 0. The normalized spacial score (nSPS) is 12.4. The van der Waals surface area contributed by atoms with Crippen molar-refractivity contribution in [3.8, 4) is 0 Å². The molecule has 2 aromatic carbocycles. The highest BCUT2D eigenvalue weighted by atomic mass is 32.2. The van der Waals surface area contributed by atoms with Gasteiger partial charge < -0.3 is 10.0 Å². The molecule has 0 fully saturated rings. The fraction of sp³-hybridized carbons (Fsp3) is 0.263. The molecule has 8 heteroatoms. The summed E-state index contributed by atoms with van der Waals surface area (Å²) in [5, 5.41) is 9.08. The maximum absolute atomic E-state index is 12.9. The largest absolute Gasteiger partial charge is 0.478 e. The third kappa shape index (κ3) is 4.93. The Morgan fingerprint density at radius 1 is 1.04 bits per heavy atom. The molecule has 2 N–H and O–H groups in total. The molecule has 0 saturated carbocycles. The van der Waals surface area contributed by atoms with Crippen molar-refractivity contribution in [2.24, 2.45) is 0 Å². The van der Waals surface area contributed by atoms with Crippen LogP contribution < -0.4 is 4.72 Å². The van der Waals surface area contributed by atoms with Gasteiger partial charge in [-0.3, -0.25) is 4.79 Å². The van der Waals surface area contributed by atoms with Gasteiger partial charge in [0.25, 0.3) is 0 Å². The van der Waals surface area contributed by atoms with E-state index in [4.69, 9.17) is 5.11 Å². The van der Waals surface area contributed by atoms with Crippen molar-refractivity contribution in [1.29, 1.82) is 0 Å². The van der Waals surface area contributed by atoms with E-state index in [9.17, 15) is 18.0 Å². The van der Waals surface area contributed by atoms with Gasteiger partial charge in [0.15, 0.2) is 0 Å². The number of nitrogens with one attached hydrogen (secondary N) is 1. The molecule has 0 aliphatic carbocycles. The van der Waals surface area contributed by atoms with E-state index in [1.165, 1.54) is 23.1 Å². The van der Waals surface area contributed by atoms with Gasteiger partial charge in [-0.25, -0.2) is 13.2 Å². The van der Waals surface area contributed by atoms with Gasteiger partial charge in [-0.15, -0.1) is 0 Å². The first-order chi connectivity index (χ1) is 12.8. The van der Waals surface area contributed by atoms with Crippen LogP contribution >= 0.6 is 0 Å². The molecule has 144 valence electrons. The molecular formula is C19H22N2O5S. The summed E-state index contributed by atoms with van der Waals surface area (Å²) in [6, 6.07) is 12.4. The van der Waals surface area contributed by atoms with Crippen molar-refractivity contribution in [3.63, 3.8) is 0 Å². The second kappa shape index (κ2) is 8.79. The topological polar surface area (TPSA) is 104 Å². The van der Waals surface area contributed by atoms with Crippen LogP contribution in [0.3, 0.4) is 0 Å². The number of carbonyl (C=O) groups is 2. The molecule has 0 spiro atoms. The van der Waals surface area contributed by atoms with Gasteiger partial charge >= 0.3 is 5.97 Å². The lowest BCUT2D eigenvalue weighted by atomic mass is 10.1. The number of benzene rings is 2. The lowest BCUT2D eigenvalue weighted by Crippen LogP contribution is -2.42. The van der Waals surface area contributed by atoms with Gasteiger partial charge in [-0.1, -0.05) is 36.4 Å². The van der Waals surface area contributed by atoms with Gasteiger partial charge in [-0.05, 0) is 37.6 Å². The van der Waals surface area contributed by atoms with Crippen LogP contribution in [0.25, 0.3) is 0 Å². The lowest BCUT2D eigenvalue weighted by Gasteiger charge is -2.26. The second-order valence-corrected chi connectivity index (χ2v) is 7.52. The molecule has 2 aromatic rings. The van der Waals surface area contributed by atoms with Crippen LogP contribution in [0, 0.1) is 0 Å². The Hall–Kier alpha value is -2.71. The Kier molecular flexibility index (Phi) is 6.70. The van der Waals surface area contributed by atoms with E-state index in [2.05, 4.69) is 4.72 Å². The molecule has 1 amide bonds. The molecule has 1 atom stereocenters. The average Bonchev–Trinajstić information content (AvgIpc) is 2.67. The summed E-state index contributed by atoms with van der Waals surface area (Å²) in [5.41, 5.74) is 0.358. The third-order valence-corrected chi connectivity index (χ3v) is 5.54. The van der Waals surface area contributed by atoms with Gasteiger partial charge in [0.1, 0.15) is 6.04 Å². The van der Waals surface area contributed by atoms with Crippen molar-refractivity contribution in [2.75, 3.05) is 13.1 Å². The van der Waals surface area contributed by atoms with E-state index in [0.29, 0.717) is 18.7 Å². The predicted molar refractivity (Wildman–Crippen MR) is 101 cm³/mol. The summed E-state index contributed by atoms with van der Waals surface area (Å²) in [5.74, 6) is -1.60. The lowest BCUT2D eigenvalue weighted by molar-refractivity contribution is -0.132. The number of rotatable bonds is 8. The fourth-order valence-electron chi connectivity index (χ4n) is 2.64. The highest BCUT2D eigenvalue weighted by Crippen LogP contribution is 2.20. The number of aromatic carboxylic acids is 1. The molecule has 0 saturated heterocycles. The number of hydrogen-bond acceptors (Lipinski definition) is 4. The van der Waals surface area contributed by atoms with Crippen LogP contribution in [0.5, 0.6) is 0 Å². The smallest absolute Gasteiger partial charge is 0.335 e. The Morgan fingerprint density at radius 2 is 1.67 bits per heavy atom. The number of nitrogens with zero attached hydrogens (tertiary/aromatic N) is 1. The third-order valence-electron chi connectivity index (χ3n) is 4.12. The maximum Gasteiger partial charge on any atom is 0.335 e. The van der Waals surface area contributed by atoms with Gasteiger partial charge in [0, 0.05) is 13.1 Å². The standard InChI is InChI=1S/C19H22N2O5S/c1-3-21(4-2)18(22)17(14-9-6-5-7-10-14)20-27(25,26)16-12-8-11-15(13-16)19(23)24/h5-13,17,20H,3-4H2,1-2H3,(H,23,24). The summed E-state index contributed by atoms with van der Waals surface area (Å²) in [6.07, 6.45) is 0. The summed E-state index contributed by atoms with van der Waals surface area (Å²) in [7, 11) is -4.12. The Balaban J connectivity index is 2.44. The molecule has 0 bridgehead atoms. The van der Waals surface area contributed by atoms with Crippen molar-refractivity contribution in [2.45, 2.75) is 24.8 Å². The minimum Gasteiger partial charge on any atom is -0.478 e. The van der Waals surface area contributed by atoms with E-state index >= 15 is 0 Å². The van der Waals surface area contributed by atoms with Gasteiger partial charge in [0.2, 0.25) is 15.9 Å². The molecule has 0 heterocycles. The molecule has 0 radical (unpaired) electrons. The molecule has 2 rings (SSSR count). The second-order valence-electron chi connectivity index (χ2n) is 5.81. The van der Waals surface area contributed by atoms with Crippen LogP contribution in [0.15, 0.2) is 59.5 Å². The average molecular weight is 390 g/mol. The Morgan fingerprint density at radius 3 is 2.22 bits per heavy atom. The highest BCUT2D eigenvalue weighted by molar-refractivity contribution is 7.89. The monoisotopic (exact) mass is 390 g/mol. The first-order valence-electron chi connectivity index (χ1n) is 8.49. The Bertz CT molecular complexity index is 909. The van der Waals surface area contributed by atoms with E-state index in [1.54, 1.807) is 30.3 Å². The zero-order valence-corrected chi connectivity index (χ0v) is 15.9. The van der Waals surface area contributed by atoms with Crippen LogP contribution in [0.1, 0.15) is 35.8 Å². The van der Waals surface area contributed by atoms with Crippen molar-refractivity contribution < 1.29 is 23.1 Å². The molecule has 0 aliphatic rings. The SMILES string of the molecule is CCN(CC)C(=O)C(NS(=O)(=O)c1cccc(C(=O)O)c1)c1ccccc1. The number of carboxylic acids is 1. The van der Waals surface area contributed by atoms with E-state index in [0.717, 1.165) is 6.07 Å². The molecule has 0 aromatic heterocycles. The first-order valence-corrected chi connectivity index (χ1v) is 9.97. The number of likely N-dealkylation sites (N-methyl/N-ethyl adjacent to an activating group) is 1. The predicted octanol–water partition coefficient (Wildman–Crippen LogP) is 2.27. The summed E-state index contributed by atoms with van der Waals surface area (Å²) in [6.45, 7) is 4.51. The van der Waals surface area contributed by atoms with Gasteiger partial charge in [0.05, 0.1) is 10.5 Å². The molecule has 1 unspecified atom stereocenters. The quantitative estimate of drug-likeness (QED) is 0.720. The van der Waals surface area contributed by atoms with E-state index in [1.807, 2.05) is 13.8 Å². The number of carbonyl (C=O) groups excluding carboxylic acids is 1. The minimum absolute atomic E-state index is 0.149. The summed E-state index contributed by atoms with van der Waals surface area (Å²) < 4.78 is 28.1. The zero-order valence-electron chi connectivity index (χ0n) is 15.1. The first kappa shape index (κ1) is 20.6. The summed E-state index contributed by atoms with van der Waals surface area (Å²) in [4.78, 5) is 25.3. The molecule has 7 nitrogen and oxygen atoms in total. The number of sulfonamides is 1. The van der Waals surface area contributed by atoms with Crippen molar-refractivity contribution in [1.82, 2.24) is 9.62 Å². The molecule has 27 heavy (non-hydrogen) atoms. The van der Waals surface area contributed by atoms with Crippen molar-refractivity contribution >= 4 is 21.9 Å². The number of carboxylic acid groups (broad SMARTS) is 1. The van der Waals surface area contributed by atoms with Crippen LogP contribution in [-0.4, -0.2) is 43.4 Å². The van der Waals surface area contributed by atoms with Crippen LogP contribution in [-0.2, 0) is 14.8 Å². The Labute approximate surface area is 158 Å². The zero-order chi connectivity index (χ0) is 20.0. The van der Waals surface area contributed by atoms with E-state index in [-0.39, 0.29) is 16.4 Å². The minimum atomic E-state index is -4.12.